The summed E-state index contributed by atoms with van der Waals surface area (Å²) in [6.45, 7) is 0. The molecule has 0 amide bonds. The maximum atomic E-state index is 13.0. The van der Waals surface area contributed by atoms with Crippen LogP contribution in [-0.4, -0.2) is 19.0 Å². The minimum absolute atomic E-state index is 0.525. The van der Waals surface area contributed by atoms with E-state index in [4.69, 9.17) is 4.10 Å². The Hall–Kier alpha value is -0.742. The van der Waals surface area contributed by atoms with E-state index in [0.717, 1.165) is 12.1 Å². The van der Waals surface area contributed by atoms with Crippen molar-refractivity contribution in [3.63, 3.8) is 0 Å². The summed E-state index contributed by atoms with van der Waals surface area (Å²) in [6.07, 6.45) is -4.84. The maximum absolute atomic E-state index is 13.0. The molecule has 0 fully saturated rings. The van der Waals surface area contributed by atoms with Crippen LogP contribution in [0.4, 0.5) is 17.6 Å². The van der Waals surface area contributed by atoms with Crippen LogP contribution in [0, 0.1) is 5.82 Å². The van der Waals surface area contributed by atoms with Gasteiger partial charge in [-0.3, -0.25) is 0 Å². The fourth-order valence-electron chi connectivity index (χ4n) is 0.886. The van der Waals surface area contributed by atoms with Gasteiger partial charge < -0.3 is 0 Å². The Morgan fingerprint density at radius 2 is 1.86 bits per heavy atom. The molecule has 14 heavy (non-hydrogen) atoms. The molecule has 1 N–H and O–H groups in total. The molecule has 2 nitrogen and oxygen atoms in total. The molecule has 77 valence electrons. The molecule has 1 rings (SSSR count). The SMILES string of the molecule is O=[As](O)c1cccc(C(F)(F)F)c1F. The van der Waals surface area contributed by atoms with Gasteiger partial charge in [0.05, 0.1) is 0 Å². The third kappa shape index (κ3) is 2.19. The molecule has 0 aliphatic heterocycles. The van der Waals surface area contributed by atoms with Gasteiger partial charge in [0, 0.05) is 0 Å². The molecular weight excluding hydrogens is 267 g/mol. The molecule has 1 aromatic rings. The van der Waals surface area contributed by atoms with Crippen molar-refractivity contribution in [1.29, 1.82) is 0 Å². The Morgan fingerprint density at radius 3 is 2.29 bits per heavy atom. The van der Waals surface area contributed by atoms with Crippen LogP contribution in [0.25, 0.3) is 0 Å². The second kappa shape index (κ2) is 3.79. The van der Waals surface area contributed by atoms with Gasteiger partial charge in [0.2, 0.25) is 0 Å². The third-order valence-electron chi connectivity index (χ3n) is 1.49. The summed E-state index contributed by atoms with van der Waals surface area (Å²) in [5, 5.41) is 0. The van der Waals surface area contributed by atoms with Gasteiger partial charge in [-0.05, 0) is 0 Å². The number of halogens is 4. The van der Waals surface area contributed by atoms with Crippen molar-refractivity contribution in [2.75, 3.05) is 0 Å². The van der Waals surface area contributed by atoms with Gasteiger partial charge in [-0.2, -0.15) is 0 Å². The molecule has 1 unspecified atom stereocenters. The van der Waals surface area contributed by atoms with Gasteiger partial charge in [0.25, 0.3) is 0 Å². The van der Waals surface area contributed by atoms with Crippen LogP contribution in [0.5, 0.6) is 0 Å². The molecule has 1 aromatic carbocycles. The Balaban J connectivity index is 3.35. The van der Waals surface area contributed by atoms with Crippen molar-refractivity contribution < 1.29 is 25.4 Å². The van der Waals surface area contributed by atoms with E-state index in [9.17, 15) is 21.3 Å². The van der Waals surface area contributed by atoms with Crippen LogP contribution < -0.4 is 4.35 Å². The van der Waals surface area contributed by atoms with E-state index in [1.807, 2.05) is 0 Å². The molecule has 0 spiro atoms. The zero-order valence-corrected chi connectivity index (χ0v) is 8.42. The Bertz CT molecular complexity index is 374. The first-order chi connectivity index (χ1) is 6.34. The Morgan fingerprint density at radius 1 is 1.29 bits per heavy atom. The first-order valence-electron chi connectivity index (χ1n) is 3.36. The number of alkyl halides is 3. The van der Waals surface area contributed by atoms with Crippen LogP contribution in [0.2, 0.25) is 0 Å². The average Bonchev–Trinajstić information content (AvgIpc) is 2.01. The number of hydrogen-bond acceptors (Lipinski definition) is 1. The van der Waals surface area contributed by atoms with Crippen LogP contribution in [0.1, 0.15) is 5.56 Å². The quantitative estimate of drug-likeness (QED) is 0.610. The van der Waals surface area contributed by atoms with E-state index >= 15 is 0 Å². The van der Waals surface area contributed by atoms with Gasteiger partial charge in [-0.15, -0.1) is 0 Å². The third-order valence-corrected chi connectivity index (χ3v) is 3.08. The summed E-state index contributed by atoms with van der Waals surface area (Å²) in [7, 11) is 0. The van der Waals surface area contributed by atoms with E-state index in [2.05, 4.69) is 0 Å². The predicted molar refractivity (Wildman–Crippen MR) is 39.7 cm³/mol. The zero-order chi connectivity index (χ0) is 10.9. The fraction of sp³-hybridized carbons (Fsp3) is 0.143. The van der Waals surface area contributed by atoms with Crippen molar-refractivity contribution in [1.82, 2.24) is 0 Å². The van der Waals surface area contributed by atoms with Crippen molar-refractivity contribution in [2.24, 2.45) is 0 Å². The summed E-state index contributed by atoms with van der Waals surface area (Å²) in [5.74, 6) is -1.66. The molecule has 0 aliphatic carbocycles. The molecule has 0 saturated heterocycles. The summed E-state index contributed by atoms with van der Waals surface area (Å²) < 4.78 is 67.6. The first-order valence-corrected chi connectivity index (χ1v) is 5.90. The van der Waals surface area contributed by atoms with E-state index in [0.29, 0.717) is 6.07 Å². The van der Waals surface area contributed by atoms with Gasteiger partial charge in [-0.1, -0.05) is 0 Å². The minimum atomic E-state index is -4.84. The van der Waals surface area contributed by atoms with Crippen LogP contribution in [0.15, 0.2) is 18.2 Å². The topological polar surface area (TPSA) is 37.3 Å². The van der Waals surface area contributed by atoms with Crippen molar-refractivity contribution in [2.45, 2.75) is 6.18 Å². The van der Waals surface area contributed by atoms with Gasteiger partial charge in [-0.25, -0.2) is 0 Å². The molecule has 7 heteroatoms. The normalized spacial score (nSPS) is 12.8. The van der Waals surface area contributed by atoms with Gasteiger partial charge in [0.15, 0.2) is 0 Å². The molecule has 0 heterocycles. The average molecular weight is 271 g/mol. The summed E-state index contributed by atoms with van der Waals surface area (Å²) in [4.78, 5) is 0. The summed E-state index contributed by atoms with van der Waals surface area (Å²) >= 11 is -3.86. The van der Waals surface area contributed by atoms with E-state index in [1.54, 1.807) is 0 Å². The number of rotatable bonds is 1. The second-order valence-corrected chi connectivity index (χ2v) is 4.57. The predicted octanol–water partition coefficient (Wildman–Crippen LogP) is 0.962. The Kier molecular flexibility index (Phi) is 3.06. The summed E-state index contributed by atoms with van der Waals surface area (Å²) in [6, 6.07) is 2.30. The Labute approximate surface area is 81.0 Å². The summed E-state index contributed by atoms with van der Waals surface area (Å²) in [5.41, 5.74) is -1.51. The molecular formula is C7H4AsF4O2. The van der Waals surface area contributed by atoms with Crippen LogP contribution >= 0.6 is 0 Å². The number of hydrogen-bond donors (Lipinski definition) is 1. The molecule has 0 bridgehead atoms. The van der Waals surface area contributed by atoms with Crippen molar-refractivity contribution in [3.8, 4) is 0 Å². The van der Waals surface area contributed by atoms with Gasteiger partial charge >= 0.3 is 80.4 Å². The molecule has 0 aromatic heterocycles. The molecule has 0 aliphatic rings. The number of benzene rings is 1. The molecule has 1 atom stereocenters. The molecule has 0 saturated carbocycles. The monoisotopic (exact) mass is 271 g/mol. The fourth-order valence-corrected chi connectivity index (χ4v) is 1.94. The van der Waals surface area contributed by atoms with Gasteiger partial charge in [0.1, 0.15) is 0 Å². The van der Waals surface area contributed by atoms with Crippen LogP contribution in [0.3, 0.4) is 0 Å². The second-order valence-electron chi connectivity index (χ2n) is 2.41. The standard InChI is InChI=1S/C7H4AsF4O2/c9-6-4(7(10,11)12)2-1-3-5(6)8(13)14/h1-3H,(H,13,14). The van der Waals surface area contributed by atoms with Crippen molar-refractivity contribution >= 4 is 19.3 Å². The van der Waals surface area contributed by atoms with Crippen molar-refractivity contribution in [3.05, 3.63) is 29.6 Å². The van der Waals surface area contributed by atoms with E-state index in [-0.39, 0.29) is 0 Å². The van der Waals surface area contributed by atoms with E-state index in [1.165, 1.54) is 0 Å². The van der Waals surface area contributed by atoms with E-state index < -0.39 is 36.8 Å². The van der Waals surface area contributed by atoms with Crippen LogP contribution in [-0.2, 0) is 9.92 Å². The first kappa shape index (κ1) is 11.3. The molecule has 1 radical (unpaired) electrons. The zero-order valence-electron chi connectivity index (χ0n) is 6.55.